The number of hydrogen-bond donors (Lipinski definition) is 2. The second kappa shape index (κ2) is 6.31. The molecule has 1 atom stereocenters. The number of hydrogen-bond acceptors (Lipinski definition) is 4. The fraction of sp³-hybridized carbons (Fsp3) is 0.727. The van der Waals surface area contributed by atoms with Gasteiger partial charge in [0.05, 0.1) is 0 Å². The molecule has 1 aliphatic rings. The van der Waals surface area contributed by atoms with Gasteiger partial charge in [-0.05, 0) is 19.9 Å². The molecule has 0 bridgehead atoms. The molecule has 6 nitrogen and oxygen atoms in total. The van der Waals surface area contributed by atoms with Crippen molar-refractivity contribution in [2.24, 2.45) is 0 Å². The quantitative estimate of drug-likeness (QED) is 0.651. The highest BCUT2D eigenvalue weighted by atomic mass is 32.2. The van der Waals surface area contributed by atoms with Gasteiger partial charge < -0.3 is 10.2 Å². The zero-order valence-corrected chi connectivity index (χ0v) is 11.9. The van der Waals surface area contributed by atoms with E-state index in [4.69, 9.17) is 0 Å². The van der Waals surface area contributed by atoms with Crippen LogP contribution in [0.5, 0.6) is 0 Å². The molecule has 1 rings (SSSR count). The third-order valence-corrected chi connectivity index (χ3v) is 4.59. The minimum atomic E-state index is -3.61. The number of carbonyl (C=O) groups is 1. The van der Waals surface area contributed by atoms with Gasteiger partial charge in [-0.2, -0.15) is 0 Å². The van der Waals surface area contributed by atoms with Crippen LogP contribution in [-0.2, 0) is 14.8 Å². The van der Waals surface area contributed by atoms with Crippen LogP contribution in [0.3, 0.4) is 0 Å². The number of amides is 1. The van der Waals surface area contributed by atoms with Crippen molar-refractivity contribution in [3.63, 3.8) is 0 Å². The molecular weight excluding hydrogens is 254 g/mol. The second-order valence-electron chi connectivity index (χ2n) is 4.56. The van der Waals surface area contributed by atoms with Gasteiger partial charge in [0.15, 0.2) is 5.25 Å². The highest BCUT2D eigenvalue weighted by Gasteiger charge is 2.28. The predicted octanol–water partition coefficient (Wildman–Crippen LogP) is -0.698. The molecule has 1 heterocycles. The highest BCUT2D eigenvalue weighted by molar-refractivity contribution is 7.90. The van der Waals surface area contributed by atoms with Crippen LogP contribution in [-0.4, -0.2) is 58.2 Å². The average molecular weight is 275 g/mol. The van der Waals surface area contributed by atoms with Crippen molar-refractivity contribution < 1.29 is 13.2 Å². The summed E-state index contributed by atoms with van der Waals surface area (Å²) >= 11 is 0. The third-order valence-electron chi connectivity index (χ3n) is 2.91. The zero-order valence-electron chi connectivity index (χ0n) is 11.1. The highest BCUT2D eigenvalue weighted by Crippen LogP contribution is 2.06. The number of nitrogens with one attached hydrogen (secondary N) is 2. The van der Waals surface area contributed by atoms with Crippen LogP contribution in [0.2, 0.25) is 0 Å². The van der Waals surface area contributed by atoms with Gasteiger partial charge in [-0.15, -0.1) is 0 Å². The Morgan fingerprint density at radius 2 is 2.22 bits per heavy atom. The first-order valence-corrected chi connectivity index (χ1v) is 7.47. The van der Waals surface area contributed by atoms with Crippen LogP contribution < -0.4 is 10.0 Å². The lowest BCUT2D eigenvalue weighted by Gasteiger charge is -2.19. The first-order chi connectivity index (χ1) is 8.34. The van der Waals surface area contributed by atoms with Crippen molar-refractivity contribution in [1.82, 2.24) is 14.9 Å². The van der Waals surface area contributed by atoms with E-state index < -0.39 is 21.2 Å². The standard InChI is InChI=1S/C11H21N3O3S/c1-9(11(15)14(2)3)18(16,17)13-8-10-4-6-12-7-5-10/h4,9,12-13H,5-8H2,1-3H3. The van der Waals surface area contributed by atoms with E-state index in [-0.39, 0.29) is 6.54 Å². The van der Waals surface area contributed by atoms with Crippen molar-refractivity contribution >= 4 is 15.9 Å². The zero-order chi connectivity index (χ0) is 13.8. The summed E-state index contributed by atoms with van der Waals surface area (Å²) in [5, 5.41) is 2.09. The summed E-state index contributed by atoms with van der Waals surface area (Å²) in [6.45, 7) is 3.32. The molecule has 0 spiro atoms. The molecule has 2 N–H and O–H groups in total. The molecule has 0 saturated carbocycles. The monoisotopic (exact) mass is 275 g/mol. The molecule has 0 aromatic heterocycles. The summed E-state index contributed by atoms with van der Waals surface area (Å²) in [6.07, 6.45) is 2.81. The van der Waals surface area contributed by atoms with Crippen LogP contribution in [0.25, 0.3) is 0 Å². The number of carbonyl (C=O) groups excluding carboxylic acids is 1. The van der Waals surface area contributed by atoms with Gasteiger partial charge in [0.25, 0.3) is 0 Å². The Hall–Kier alpha value is -0.920. The van der Waals surface area contributed by atoms with Crippen molar-refractivity contribution in [3.05, 3.63) is 11.6 Å². The lowest BCUT2D eigenvalue weighted by molar-refractivity contribution is -0.127. The topological polar surface area (TPSA) is 78.5 Å². The van der Waals surface area contributed by atoms with Crippen LogP contribution in [0.15, 0.2) is 11.6 Å². The van der Waals surface area contributed by atoms with Crippen LogP contribution in [0.4, 0.5) is 0 Å². The molecular formula is C11H21N3O3S. The molecule has 0 aliphatic carbocycles. The first kappa shape index (κ1) is 15.1. The maximum Gasteiger partial charge on any atom is 0.241 e. The Bertz CT molecular complexity index is 429. The minimum absolute atomic E-state index is 0.287. The van der Waals surface area contributed by atoms with Crippen molar-refractivity contribution in [2.75, 3.05) is 33.7 Å². The van der Waals surface area contributed by atoms with Crippen LogP contribution >= 0.6 is 0 Å². The molecule has 0 saturated heterocycles. The molecule has 7 heteroatoms. The molecule has 18 heavy (non-hydrogen) atoms. The van der Waals surface area contributed by atoms with E-state index in [0.29, 0.717) is 0 Å². The van der Waals surface area contributed by atoms with Gasteiger partial charge >= 0.3 is 0 Å². The SMILES string of the molecule is CC(C(=O)N(C)C)S(=O)(=O)NCC1=CCNCC1. The molecule has 0 radical (unpaired) electrons. The van der Waals surface area contributed by atoms with Crippen LogP contribution in [0.1, 0.15) is 13.3 Å². The third kappa shape index (κ3) is 4.08. The Morgan fingerprint density at radius 3 is 2.72 bits per heavy atom. The molecule has 104 valence electrons. The average Bonchev–Trinajstić information content (AvgIpc) is 2.35. The van der Waals surface area contributed by atoms with Gasteiger partial charge in [0, 0.05) is 27.2 Å². The Labute approximate surface area is 108 Å². The van der Waals surface area contributed by atoms with E-state index in [2.05, 4.69) is 10.0 Å². The fourth-order valence-electron chi connectivity index (χ4n) is 1.64. The van der Waals surface area contributed by atoms with Crippen molar-refractivity contribution in [2.45, 2.75) is 18.6 Å². The molecule has 0 aromatic rings. The van der Waals surface area contributed by atoms with Gasteiger partial charge in [0.2, 0.25) is 15.9 Å². The molecule has 0 fully saturated rings. The number of rotatable bonds is 5. The summed E-state index contributed by atoms with van der Waals surface area (Å²) in [5.74, 6) is -0.415. The van der Waals surface area contributed by atoms with E-state index in [1.807, 2.05) is 6.08 Å². The van der Waals surface area contributed by atoms with E-state index in [1.165, 1.54) is 11.8 Å². The first-order valence-electron chi connectivity index (χ1n) is 5.93. The van der Waals surface area contributed by atoms with E-state index in [9.17, 15) is 13.2 Å². The molecule has 1 unspecified atom stereocenters. The summed E-state index contributed by atoms with van der Waals surface area (Å²) < 4.78 is 26.3. The van der Waals surface area contributed by atoms with Gasteiger partial charge in [-0.3, -0.25) is 4.79 Å². The summed E-state index contributed by atoms with van der Waals surface area (Å²) in [6, 6.07) is 0. The van der Waals surface area contributed by atoms with Gasteiger partial charge in [-0.25, -0.2) is 13.1 Å². The lowest BCUT2D eigenvalue weighted by Crippen LogP contribution is -2.43. The van der Waals surface area contributed by atoms with Gasteiger partial charge in [0.1, 0.15) is 0 Å². The Kier molecular flexibility index (Phi) is 5.30. The van der Waals surface area contributed by atoms with E-state index in [0.717, 1.165) is 25.1 Å². The maximum atomic E-state index is 11.9. The molecule has 0 aromatic carbocycles. The van der Waals surface area contributed by atoms with Crippen molar-refractivity contribution in [3.8, 4) is 0 Å². The van der Waals surface area contributed by atoms with Crippen LogP contribution in [0, 0.1) is 0 Å². The smallest absolute Gasteiger partial charge is 0.241 e. The minimum Gasteiger partial charge on any atom is -0.348 e. The predicted molar refractivity (Wildman–Crippen MR) is 70.6 cm³/mol. The second-order valence-corrected chi connectivity index (χ2v) is 6.64. The summed E-state index contributed by atoms with van der Waals surface area (Å²) in [4.78, 5) is 12.9. The van der Waals surface area contributed by atoms with Gasteiger partial charge in [-0.1, -0.05) is 11.6 Å². The molecule has 1 amide bonds. The fourth-order valence-corrected chi connectivity index (χ4v) is 2.76. The summed E-state index contributed by atoms with van der Waals surface area (Å²) in [5.41, 5.74) is 1.06. The normalized spacial score (nSPS) is 18.1. The molecule has 1 aliphatic heterocycles. The van der Waals surface area contributed by atoms with Crippen molar-refractivity contribution in [1.29, 1.82) is 0 Å². The van der Waals surface area contributed by atoms with E-state index in [1.54, 1.807) is 14.1 Å². The Balaban J connectivity index is 2.59. The lowest BCUT2D eigenvalue weighted by atomic mass is 10.1. The maximum absolute atomic E-state index is 11.9. The Morgan fingerprint density at radius 1 is 1.56 bits per heavy atom. The summed E-state index contributed by atoms with van der Waals surface area (Å²) in [7, 11) is -0.516. The largest absolute Gasteiger partial charge is 0.348 e. The van der Waals surface area contributed by atoms with E-state index >= 15 is 0 Å². The number of nitrogens with zero attached hydrogens (tertiary/aromatic N) is 1. The number of sulfonamides is 1.